The Morgan fingerprint density at radius 2 is 1.79 bits per heavy atom. The van der Waals surface area contributed by atoms with Crippen molar-refractivity contribution in [1.29, 1.82) is 0 Å². The highest BCUT2D eigenvalue weighted by Gasteiger charge is 2.16. The number of nitrogens with zero attached hydrogens (tertiary/aromatic N) is 3. The minimum absolute atomic E-state index is 0.447. The summed E-state index contributed by atoms with van der Waals surface area (Å²) in [6.07, 6.45) is 5.69. The molecule has 2 aromatic rings. The fraction of sp³-hybridized carbons (Fsp3) is 0.429. The van der Waals surface area contributed by atoms with Crippen LogP contribution in [0.3, 0.4) is 0 Å². The molecule has 1 saturated carbocycles. The molecule has 6 nitrogen and oxygen atoms in total. The van der Waals surface area contributed by atoms with E-state index < -0.39 is 0 Å². The molecule has 0 unspecified atom stereocenters. The van der Waals surface area contributed by atoms with Crippen LogP contribution in [-0.2, 0) is 6.42 Å². The largest absolute Gasteiger partial charge is 0.360 e. The lowest BCUT2D eigenvalue weighted by Crippen LogP contribution is -2.46. The van der Waals surface area contributed by atoms with E-state index in [2.05, 4.69) is 43.0 Å². The SMILES string of the molecule is Cc1cc(C)nc(NC(=NCCc2ccccc2)NC(=S)NC2CCCC2)n1. The molecule has 0 amide bonds. The Morgan fingerprint density at radius 1 is 1.11 bits per heavy atom. The molecule has 0 aliphatic heterocycles. The monoisotopic (exact) mass is 396 g/mol. The number of aryl methyl sites for hydroxylation is 2. The first-order valence-electron chi connectivity index (χ1n) is 9.84. The number of rotatable bonds is 5. The van der Waals surface area contributed by atoms with Gasteiger partial charge in [-0.3, -0.25) is 10.3 Å². The van der Waals surface area contributed by atoms with E-state index in [1.807, 2.05) is 38.1 Å². The summed E-state index contributed by atoms with van der Waals surface area (Å²) in [4.78, 5) is 13.6. The number of hydrogen-bond acceptors (Lipinski definition) is 4. The van der Waals surface area contributed by atoms with E-state index in [0.717, 1.165) is 30.7 Å². The van der Waals surface area contributed by atoms with Crippen LogP contribution < -0.4 is 16.0 Å². The molecule has 1 heterocycles. The summed E-state index contributed by atoms with van der Waals surface area (Å²) in [5.41, 5.74) is 3.07. The fourth-order valence-corrected chi connectivity index (χ4v) is 3.60. The normalized spacial score (nSPS) is 14.7. The number of hydrogen-bond donors (Lipinski definition) is 3. The summed E-state index contributed by atoms with van der Waals surface area (Å²) in [5.74, 6) is 1.09. The lowest BCUT2D eigenvalue weighted by atomic mass is 10.2. The van der Waals surface area contributed by atoms with Gasteiger partial charge in [0.1, 0.15) is 0 Å². The van der Waals surface area contributed by atoms with Crippen molar-refractivity contribution in [1.82, 2.24) is 20.6 Å². The van der Waals surface area contributed by atoms with Gasteiger partial charge in [0.05, 0.1) is 0 Å². The van der Waals surface area contributed by atoms with Gasteiger partial charge in [-0.05, 0) is 57.0 Å². The first kappa shape index (κ1) is 20.2. The van der Waals surface area contributed by atoms with Crippen LogP contribution in [0.4, 0.5) is 5.95 Å². The summed E-state index contributed by atoms with van der Waals surface area (Å²) >= 11 is 5.49. The third-order valence-electron chi connectivity index (χ3n) is 4.65. The Morgan fingerprint density at radius 3 is 2.46 bits per heavy atom. The van der Waals surface area contributed by atoms with Crippen LogP contribution in [0.5, 0.6) is 0 Å². The zero-order valence-electron chi connectivity index (χ0n) is 16.5. The fourth-order valence-electron chi connectivity index (χ4n) is 3.34. The molecule has 148 valence electrons. The second-order valence-electron chi connectivity index (χ2n) is 7.15. The molecule has 0 spiro atoms. The van der Waals surface area contributed by atoms with Crippen LogP contribution in [0.15, 0.2) is 41.4 Å². The number of thiocarbonyl (C=S) groups is 1. The van der Waals surface area contributed by atoms with Gasteiger partial charge in [0.25, 0.3) is 0 Å². The van der Waals surface area contributed by atoms with Crippen LogP contribution in [-0.4, -0.2) is 33.6 Å². The maximum absolute atomic E-state index is 5.49. The predicted octanol–water partition coefficient (Wildman–Crippen LogP) is 3.51. The van der Waals surface area contributed by atoms with Crippen molar-refractivity contribution < 1.29 is 0 Å². The summed E-state index contributed by atoms with van der Waals surface area (Å²) in [6.45, 7) is 4.54. The second kappa shape index (κ2) is 10.1. The summed E-state index contributed by atoms with van der Waals surface area (Å²) in [6, 6.07) is 12.7. The molecule has 1 aliphatic rings. The van der Waals surface area contributed by atoms with E-state index in [1.165, 1.54) is 18.4 Å². The lowest BCUT2D eigenvalue weighted by Gasteiger charge is -2.17. The van der Waals surface area contributed by atoms with Crippen LogP contribution in [0.1, 0.15) is 42.6 Å². The molecule has 0 saturated heterocycles. The van der Waals surface area contributed by atoms with Gasteiger partial charge in [0, 0.05) is 24.0 Å². The van der Waals surface area contributed by atoms with Crippen molar-refractivity contribution in [2.75, 3.05) is 11.9 Å². The zero-order valence-corrected chi connectivity index (χ0v) is 17.4. The minimum atomic E-state index is 0.447. The molecule has 0 bridgehead atoms. The number of aromatic nitrogens is 2. The number of nitrogens with one attached hydrogen (secondary N) is 3. The topological polar surface area (TPSA) is 74.2 Å². The second-order valence-corrected chi connectivity index (χ2v) is 7.55. The van der Waals surface area contributed by atoms with Crippen molar-refractivity contribution in [3.05, 3.63) is 53.3 Å². The van der Waals surface area contributed by atoms with Gasteiger partial charge in [0.2, 0.25) is 11.9 Å². The van der Waals surface area contributed by atoms with Gasteiger partial charge in [-0.25, -0.2) is 9.97 Å². The Bertz CT molecular complexity index is 795. The molecule has 3 rings (SSSR count). The third kappa shape index (κ3) is 6.56. The summed E-state index contributed by atoms with van der Waals surface area (Å²) in [7, 11) is 0. The maximum atomic E-state index is 5.49. The number of anilines is 1. The van der Waals surface area contributed by atoms with E-state index in [4.69, 9.17) is 12.2 Å². The highest BCUT2D eigenvalue weighted by molar-refractivity contribution is 7.80. The van der Waals surface area contributed by atoms with E-state index >= 15 is 0 Å². The third-order valence-corrected chi connectivity index (χ3v) is 4.87. The Labute approximate surface area is 172 Å². The van der Waals surface area contributed by atoms with Crippen molar-refractivity contribution in [3.63, 3.8) is 0 Å². The number of benzene rings is 1. The van der Waals surface area contributed by atoms with Crippen LogP contribution in [0.2, 0.25) is 0 Å². The van der Waals surface area contributed by atoms with E-state index in [0.29, 0.717) is 29.6 Å². The molecule has 0 atom stereocenters. The molecular formula is C21H28N6S. The van der Waals surface area contributed by atoms with E-state index in [-0.39, 0.29) is 0 Å². The lowest BCUT2D eigenvalue weighted by molar-refractivity contribution is 0.629. The first-order chi connectivity index (χ1) is 13.6. The molecule has 1 aromatic carbocycles. The minimum Gasteiger partial charge on any atom is -0.360 e. The van der Waals surface area contributed by atoms with Crippen molar-refractivity contribution in [3.8, 4) is 0 Å². The van der Waals surface area contributed by atoms with Crippen molar-refractivity contribution in [2.45, 2.75) is 52.0 Å². The Hall–Kier alpha value is -2.54. The summed E-state index contributed by atoms with van der Waals surface area (Å²) < 4.78 is 0. The zero-order chi connectivity index (χ0) is 19.8. The molecule has 3 N–H and O–H groups in total. The van der Waals surface area contributed by atoms with Crippen LogP contribution >= 0.6 is 12.2 Å². The Kier molecular flexibility index (Phi) is 7.31. The standard InChI is InChI=1S/C21H28N6S/c1-15-14-16(2)24-20(23-15)26-19(22-13-12-17-8-4-3-5-9-17)27-21(28)25-18-10-6-7-11-18/h3-5,8-9,14,18H,6-7,10-13H2,1-2H3,(H3,22,23,24,25,26,27,28). The molecule has 1 fully saturated rings. The molecule has 1 aliphatic carbocycles. The van der Waals surface area contributed by atoms with Gasteiger partial charge in [-0.2, -0.15) is 0 Å². The van der Waals surface area contributed by atoms with E-state index in [1.54, 1.807) is 0 Å². The average molecular weight is 397 g/mol. The summed E-state index contributed by atoms with van der Waals surface area (Å²) in [5, 5.41) is 10.4. The van der Waals surface area contributed by atoms with Gasteiger partial charge in [-0.1, -0.05) is 43.2 Å². The highest BCUT2D eigenvalue weighted by atomic mass is 32.1. The molecular weight excluding hydrogens is 368 g/mol. The van der Waals surface area contributed by atoms with Crippen molar-refractivity contribution in [2.24, 2.45) is 4.99 Å². The highest BCUT2D eigenvalue weighted by Crippen LogP contribution is 2.17. The number of guanidine groups is 1. The van der Waals surface area contributed by atoms with E-state index in [9.17, 15) is 0 Å². The maximum Gasteiger partial charge on any atom is 0.229 e. The number of aliphatic imine (C=N–C) groups is 1. The predicted molar refractivity (Wildman–Crippen MR) is 119 cm³/mol. The molecule has 28 heavy (non-hydrogen) atoms. The molecule has 1 aromatic heterocycles. The van der Waals surface area contributed by atoms with Gasteiger partial charge < -0.3 is 10.6 Å². The Balaban J connectivity index is 1.66. The van der Waals surface area contributed by atoms with Crippen molar-refractivity contribution >= 4 is 29.2 Å². The van der Waals surface area contributed by atoms with Crippen LogP contribution in [0, 0.1) is 13.8 Å². The average Bonchev–Trinajstić information content (AvgIpc) is 3.14. The smallest absolute Gasteiger partial charge is 0.229 e. The molecule has 0 radical (unpaired) electrons. The van der Waals surface area contributed by atoms with Gasteiger partial charge >= 0.3 is 0 Å². The first-order valence-corrected chi connectivity index (χ1v) is 10.2. The quantitative estimate of drug-likeness (QED) is 0.408. The van der Waals surface area contributed by atoms with Crippen LogP contribution in [0.25, 0.3) is 0 Å². The van der Waals surface area contributed by atoms with Gasteiger partial charge in [0.15, 0.2) is 5.11 Å². The van der Waals surface area contributed by atoms with Gasteiger partial charge in [-0.15, -0.1) is 0 Å². The molecule has 7 heteroatoms.